The van der Waals surface area contributed by atoms with E-state index >= 15 is 0 Å². The highest BCUT2D eigenvalue weighted by atomic mass is 35.5. The van der Waals surface area contributed by atoms with Gasteiger partial charge in [0.25, 0.3) is 5.91 Å². The van der Waals surface area contributed by atoms with Crippen LogP contribution in [0.2, 0.25) is 0 Å². The number of esters is 1. The summed E-state index contributed by atoms with van der Waals surface area (Å²) in [5, 5.41) is 2.73. The van der Waals surface area contributed by atoms with Crippen LogP contribution in [0.15, 0.2) is 18.2 Å². The molecule has 1 aromatic carbocycles. The lowest BCUT2D eigenvalue weighted by atomic mass is 9.98. The van der Waals surface area contributed by atoms with Crippen molar-refractivity contribution in [3.05, 3.63) is 29.3 Å². The first-order valence-electron chi connectivity index (χ1n) is 6.65. The number of hydrogen-bond donors (Lipinski definition) is 2. The number of carbonyl (C=O) groups excluding carboxylic acids is 2. The Kier molecular flexibility index (Phi) is 7.81. The number of anilines is 1. The van der Waals surface area contributed by atoms with Crippen LogP contribution in [0.25, 0.3) is 0 Å². The molecule has 1 aromatic rings. The Bertz CT molecular complexity index is 506. The summed E-state index contributed by atoms with van der Waals surface area (Å²) in [6, 6.07) is 4.47. The first-order chi connectivity index (χ1) is 9.40. The highest BCUT2D eigenvalue weighted by Gasteiger charge is 2.27. The van der Waals surface area contributed by atoms with E-state index in [4.69, 9.17) is 10.5 Å². The maximum absolute atomic E-state index is 12.3. The Hall–Kier alpha value is -1.75. The van der Waals surface area contributed by atoms with Crippen LogP contribution < -0.4 is 11.1 Å². The molecule has 0 saturated carbocycles. The second kappa shape index (κ2) is 8.52. The molecule has 3 N–H and O–H groups in total. The number of nitrogen functional groups attached to an aromatic ring is 1. The number of halogens is 1. The Labute approximate surface area is 131 Å². The summed E-state index contributed by atoms with van der Waals surface area (Å²) < 4.78 is 4.75. The van der Waals surface area contributed by atoms with E-state index in [9.17, 15) is 9.59 Å². The molecule has 0 unspecified atom stereocenters. The minimum Gasteiger partial charge on any atom is -0.467 e. The van der Waals surface area contributed by atoms with Gasteiger partial charge in [-0.3, -0.25) is 4.79 Å². The Morgan fingerprint density at radius 1 is 1.38 bits per heavy atom. The van der Waals surface area contributed by atoms with Crippen LogP contribution in [0.5, 0.6) is 0 Å². The Balaban J connectivity index is 0.00000400. The molecule has 118 valence electrons. The zero-order chi connectivity index (χ0) is 15.3. The Morgan fingerprint density at radius 2 is 2.00 bits per heavy atom. The summed E-state index contributed by atoms with van der Waals surface area (Å²) >= 11 is 0. The molecule has 21 heavy (non-hydrogen) atoms. The molecule has 0 aliphatic heterocycles. The number of amides is 1. The summed E-state index contributed by atoms with van der Waals surface area (Å²) in [5.74, 6) is -0.757. The Morgan fingerprint density at radius 3 is 2.52 bits per heavy atom. The quantitative estimate of drug-likeness (QED) is 0.645. The van der Waals surface area contributed by atoms with Crippen molar-refractivity contribution in [3.8, 4) is 0 Å². The first kappa shape index (κ1) is 19.2. The molecule has 1 amide bonds. The molecule has 0 radical (unpaired) electrons. The van der Waals surface area contributed by atoms with Gasteiger partial charge in [-0.1, -0.05) is 26.3 Å². The number of rotatable bonds is 5. The lowest BCUT2D eigenvalue weighted by molar-refractivity contribution is -0.144. The van der Waals surface area contributed by atoms with Crippen molar-refractivity contribution in [3.63, 3.8) is 0 Å². The lowest BCUT2D eigenvalue weighted by Gasteiger charge is -2.22. The number of ether oxygens (including phenoxy) is 1. The summed E-state index contributed by atoms with van der Waals surface area (Å²) in [4.78, 5) is 24.1. The number of hydrogen-bond acceptors (Lipinski definition) is 4. The highest BCUT2D eigenvalue weighted by Crippen LogP contribution is 2.15. The first-order valence-corrected chi connectivity index (χ1v) is 6.65. The summed E-state index contributed by atoms with van der Waals surface area (Å²) in [7, 11) is 1.32. The zero-order valence-corrected chi connectivity index (χ0v) is 13.6. The van der Waals surface area contributed by atoms with Gasteiger partial charge in [-0.05, 0) is 30.5 Å². The number of benzene rings is 1. The van der Waals surface area contributed by atoms with E-state index in [1.165, 1.54) is 7.11 Å². The molecule has 0 spiro atoms. The molecule has 0 aliphatic carbocycles. The fraction of sp³-hybridized carbons (Fsp3) is 0.467. The van der Waals surface area contributed by atoms with Crippen LogP contribution in [0, 0.1) is 12.8 Å². The van der Waals surface area contributed by atoms with Crippen molar-refractivity contribution in [2.45, 2.75) is 33.2 Å². The molecule has 0 bridgehead atoms. The van der Waals surface area contributed by atoms with Crippen molar-refractivity contribution in [1.82, 2.24) is 5.32 Å². The lowest BCUT2D eigenvalue weighted by Crippen LogP contribution is -2.45. The van der Waals surface area contributed by atoms with Crippen LogP contribution in [-0.4, -0.2) is 25.0 Å². The second-order valence-electron chi connectivity index (χ2n) is 4.93. The van der Waals surface area contributed by atoms with E-state index in [-0.39, 0.29) is 24.2 Å². The molecular formula is C15H23ClN2O3. The molecule has 0 aliphatic rings. The van der Waals surface area contributed by atoms with Gasteiger partial charge < -0.3 is 15.8 Å². The molecule has 0 aromatic heterocycles. The van der Waals surface area contributed by atoms with Crippen LogP contribution in [-0.2, 0) is 9.53 Å². The minimum absolute atomic E-state index is 0. The van der Waals surface area contributed by atoms with E-state index in [1.54, 1.807) is 18.2 Å². The van der Waals surface area contributed by atoms with E-state index < -0.39 is 12.0 Å². The van der Waals surface area contributed by atoms with Crippen LogP contribution in [0.4, 0.5) is 5.69 Å². The highest BCUT2D eigenvalue weighted by molar-refractivity contribution is 5.98. The van der Waals surface area contributed by atoms with Gasteiger partial charge >= 0.3 is 5.97 Å². The van der Waals surface area contributed by atoms with Crippen molar-refractivity contribution in [2.24, 2.45) is 5.92 Å². The fourth-order valence-corrected chi connectivity index (χ4v) is 1.90. The van der Waals surface area contributed by atoms with Crippen LogP contribution >= 0.6 is 12.4 Å². The third kappa shape index (κ3) is 4.93. The predicted molar refractivity (Wildman–Crippen MR) is 85.6 cm³/mol. The second-order valence-corrected chi connectivity index (χ2v) is 4.93. The average Bonchev–Trinajstić information content (AvgIpc) is 2.45. The van der Waals surface area contributed by atoms with Gasteiger partial charge in [-0.25, -0.2) is 4.79 Å². The fourth-order valence-electron chi connectivity index (χ4n) is 1.90. The molecule has 0 fully saturated rings. The number of aryl methyl sites for hydroxylation is 1. The van der Waals surface area contributed by atoms with Gasteiger partial charge in [0.15, 0.2) is 0 Å². The monoisotopic (exact) mass is 314 g/mol. The number of carbonyl (C=O) groups is 2. The topological polar surface area (TPSA) is 81.4 Å². The maximum Gasteiger partial charge on any atom is 0.328 e. The third-order valence-electron chi connectivity index (χ3n) is 3.46. The van der Waals surface area contributed by atoms with Crippen molar-refractivity contribution in [2.75, 3.05) is 12.8 Å². The smallest absolute Gasteiger partial charge is 0.328 e. The largest absolute Gasteiger partial charge is 0.467 e. The molecule has 5 nitrogen and oxygen atoms in total. The van der Waals surface area contributed by atoms with Crippen molar-refractivity contribution < 1.29 is 14.3 Å². The molecule has 6 heteroatoms. The molecule has 2 atom stereocenters. The zero-order valence-electron chi connectivity index (χ0n) is 12.8. The summed E-state index contributed by atoms with van der Waals surface area (Å²) in [6.45, 7) is 5.68. The normalized spacial score (nSPS) is 12.8. The SMILES string of the molecule is CC[C@H](C)[C@H](NC(=O)c1cc(N)ccc1C)C(=O)OC.Cl. The summed E-state index contributed by atoms with van der Waals surface area (Å²) in [5.41, 5.74) is 7.49. The van der Waals surface area contributed by atoms with E-state index in [2.05, 4.69) is 5.32 Å². The number of nitrogens with two attached hydrogens (primary N) is 1. The predicted octanol–water partition coefficient (Wildman–Crippen LogP) is 2.32. The van der Waals surface area contributed by atoms with Crippen molar-refractivity contribution in [1.29, 1.82) is 0 Å². The van der Waals surface area contributed by atoms with E-state index in [1.807, 2.05) is 20.8 Å². The van der Waals surface area contributed by atoms with Gasteiger partial charge in [0.1, 0.15) is 6.04 Å². The standard InChI is InChI=1S/C15H22N2O3.ClH/c1-5-9(2)13(15(19)20-4)17-14(18)12-8-11(16)7-6-10(12)3;/h6-9,13H,5,16H2,1-4H3,(H,17,18);1H/t9-,13-;/m0./s1. The van der Waals surface area contributed by atoms with Gasteiger partial charge in [-0.15, -0.1) is 12.4 Å². The molecular weight excluding hydrogens is 292 g/mol. The number of methoxy groups -OCH3 is 1. The maximum atomic E-state index is 12.3. The van der Waals surface area contributed by atoms with Gasteiger partial charge in [0.2, 0.25) is 0 Å². The van der Waals surface area contributed by atoms with E-state index in [0.29, 0.717) is 11.3 Å². The van der Waals surface area contributed by atoms with E-state index in [0.717, 1.165) is 12.0 Å². The number of nitrogens with one attached hydrogen (secondary N) is 1. The minimum atomic E-state index is -0.654. The third-order valence-corrected chi connectivity index (χ3v) is 3.46. The average molecular weight is 315 g/mol. The van der Waals surface area contributed by atoms with Crippen molar-refractivity contribution >= 4 is 30.0 Å². The van der Waals surface area contributed by atoms with Gasteiger partial charge in [0, 0.05) is 11.3 Å². The van der Waals surface area contributed by atoms with Gasteiger partial charge in [0.05, 0.1) is 7.11 Å². The van der Waals surface area contributed by atoms with Gasteiger partial charge in [-0.2, -0.15) is 0 Å². The molecule has 0 saturated heterocycles. The van der Waals surface area contributed by atoms with Crippen LogP contribution in [0.1, 0.15) is 36.2 Å². The molecule has 1 rings (SSSR count). The summed E-state index contributed by atoms with van der Waals surface area (Å²) in [6.07, 6.45) is 0.760. The molecule has 0 heterocycles. The van der Waals surface area contributed by atoms with Crippen LogP contribution in [0.3, 0.4) is 0 Å².